The van der Waals surface area contributed by atoms with E-state index in [4.69, 9.17) is 10.5 Å². The zero-order valence-electron chi connectivity index (χ0n) is 9.54. The summed E-state index contributed by atoms with van der Waals surface area (Å²) >= 11 is 0. The molecule has 2 heteroatoms. The van der Waals surface area contributed by atoms with Crippen molar-refractivity contribution in [3.05, 3.63) is 60.2 Å². The Morgan fingerprint density at radius 2 is 1.59 bits per heavy atom. The highest BCUT2D eigenvalue weighted by atomic mass is 16.5. The van der Waals surface area contributed by atoms with Crippen LogP contribution in [0.4, 0.5) is 0 Å². The summed E-state index contributed by atoms with van der Waals surface area (Å²) in [5, 5.41) is 0. The lowest BCUT2D eigenvalue weighted by molar-refractivity contribution is 0.476. The van der Waals surface area contributed by atoms with Gasteiger partial charge in [0.25, 0.3) is 0 Å². The second kappa shape index (κ2) is 4.22. The molecule has 2 aromatic rings. The fraction of sp³-hybridized carbons (Fsp3) is 0.200. The smallest absolute Gasteiger partial charge is 0.130 e. The lowest BCUT2D eigenvalue weighted by atomic mass is 10.1. The van der Waals surface area contributed by atoms with Crippen molar-refractivity contribution in [3.63, 3.8) is 0 Å². The second-order valence-corrected chi connectivity index (χ2v) is 4.46. The van der Waals surface area contributed by atoms with Gasteiger partial charge in [-0.1, -0.05) is 36.4 Å². The summed E-state index contributed by atoms with van der Waals surface area (Å²) in [6, 6.07) is 18.3. The number of benzene rings is 2. The predicted octanol–water partition coefficient (Wildman–Crippen LogP) is 3.29. The first-order valence-corrected chi connectivity index (χ1v) is 5.92. The third kappa shape index (κ3) is 2.17. The van der Waals surface area contributed by atoms with Gasteiger partial charge in [0, 0.05) is 12.0 Å². The predicted molar refractivity (Wildman–Crippen MR) is 68.3 cm³/mol. The van der Waals surface area contributed by atoms with Gasteiger partial charge in [-0.05, 0) is 30.2 Å². The molecular weight excluding hydrogens is 210 g/mol. The summed E-state index contributed by atoms with van der Waals surface area (Å²) in [5.74, 6) is 2.26. The summed E-state index contributed by atoms with van der Waals surface area (Å²) in [6.45, 7) is 0. The van der Waals surface area contributed by atoms with Crippen LogP contribution >= 0.6 is 0 Å². The summed E-state index contributed by atoms with van der Waals surface area (Å²) < 4.78 is 5.90. The average molecular weight is 225 g/mol. The van der Waals surface area contributed by atoms with Crippen molar-refractivity contribution in [1.82, 2.24) is 0 Å². The van der Waals surface area contributed by atoms with Crippen molar-refractivity contribution in [2.75, 3.05) is 0 Å². The normalized spacial score (nSPS) is 22.2. The molecule has 3 rings (SSSR count). The fourth-order valence-corrected chi connectivity index (χ4v) is 2.07. The van der Waals surface area contributed by atoms with Crippen LogP contribution in [0.5, 0.6) is 11.5 Å². The average Bonchev–Trinajstić information content (AvgIpc) is 3.08. The van der Waals surface area contributed by atoms with E-state index in [1.165, 1.54) is 5.56 Å². The number of rotatable bonds is 3. The van der Waals surface area contributed by atoms with Crippen molar-refractivity contribution in [2.24, 2.45) is 5.73 Å². The van der Waals surface area contributed by atoms with Crippen LogP contribution in [0.2, 0.25) is 0 Å². The van der Waals surface area contributed by atoms with Crippen LogP contribution in [-0.2, 0) is 0 Å². The molecular formula is C15H15NO. The molecule has 0 aliphatic heterocycles. The quantitative estimate of drug-likeness (QED) is 0.869. The Labute approximate surface area is 101 Å². The molecule has 0 aromatic heterocycles. The van der Waals surface area contributed by atoms with Crippen molar-refractivity contribution >= 4 is 0 Å². The maximum atomic E-state index is 5.91. The van der Waals surface area contributed by atoms with E-state index >= 15 is 0 Å². The molecule has 1 aliphatic carbocycles. The zero-order chi connectivity index (χ0) is 11.7. The maximum Gasteiger partial charge on any atom is 0.130 e. The third-order valence-electron chi connectivity index (χ3n) is 3.13. The molecule has 1 aliphatic rings. The lowest BCUT2D eigenvalue weighted by Crippen LogP contribution is -2.01. The molecule has 86 valence electrons. The minimum absolute atomic E-state index is 0.301. The summed E-state index contributed by atoms with van der Waals surface area (Å²) in [6.07, 6.45) is 1.06. The van der Waals surface area contributed by atoms with E-state index in [2.05, 4.69) is 6.07 Å². The minimum Gasteiger partial charge on any atom is -0.457 e. The Balaban J connectivity index is 1.88. The second-order valence-electron chi connectivity index (χ2n) is 4.46. The maximum absolute atomic E-state index is 5.91. The standard InChI is InChI=1S/C15H15NO/c16-14-10-13(14)12-8-4-5-9-15(12)17-11-6-2-1-3-7-11/h1-9,13-14H,10,16H2. The Morgan fingerprint density at radius 1 is 0.941 bits per heavy atom. The lowest BCUT2D eigenvalue weighted by Gasteiger charge is -2.10. The van der Waals surface area contributed by atoms with Gasteiger partial charge in [0.15, 0.2) is 0 Å². The van der Waals surface area contributed by atoms with E-state index in [1.807, 2.05) is 48.5 Å². The third-order valence-corrected chi connectivity index (χ3v) is 3.13. The fourth-order valence-electron chi connectivity index (χ4n) is 2.07. The summed E-state index contributed by atoms with van der Waals surface area (Å²) in [7, 11) is 0. The van der Waals surface area contributed by atoms with Crippen molar-refractivity contribution in [3.8, 4) is 11.5 Å². The van der Waals surface area contributed by atoms with Crippen molar-refractivity contribution in [1.29, 1.82) is 0 Å². The van der Waals surface area contributed by atoms with Crippen LogP contribution < -0.4 is 10.5 Å². The highest BCUT2D eigenvalue weighted by molar-refractivity contribution is 5.43. The van der Waals surface area contributed by atoms with Gasteiger partial charge in [0.1, 0.15) is 11.5 Å². The number of para-hydroxylation sites is 2. The number of hydrogen-bond donors (Lipinski definition) is 1. The Bertz CT molecular complexity index is 509. The molecule has 2 aromatic carbocycles. The van der Waals surface area contributed by atoms with E-state index < -0.39 is 0 Å². The molecule has 1 saturated carbocycles. The zero-order valence-corrected chi connectivity index (χ0v) is 9.54. The first-order valence-electron chi connectivity index (χ1n) is 5.92. The number of nitrogens with two attached hydrogens (primary N) is 1. The molecule has 0 radical (unpaired) electrons. The Hall–Kier alpha value is -1.80. The molecule has 0 saturated heterocycles. The van der Waals surface area contributed by atoms with Gasteiger partial charge in [-0.15, -0.1) is 0 Å². The minimum atomic E-state index is 0.301. The summed E-state index contributed by atoms with van der Waals surface area (Å²) in [4.78, 5) is 0. The number of hydrogen-bond acceptors (Lipinski definition) is 2. The first-order chi connectivity index (χ1) is 8.34. The molecule has 0 heterocycles. The Morgan fingerprint density at radius 3 is 2.29 bits per heavy atom. The summed E-state index contributed by atoms with van der Waals surface area (Å²) in [5.41, 5.74) is 7.13. The molecule has 2 unspecified atom stereocenters. The molecule has 17 heavy (non-hydrogen) atoms. The van der Waals surface area contributed by atoms with Crippen molar-refractivity contribution < 1.29 is 4.74 Å². The van der Waals surface area contributed by atoms with Crippen LogP contribution in [0.25, 0.3) is 0 Å². The van der Waals surface area contributed by atoms with Gasteiger partial charge in [-0.2, -0.15) is 0 Å². The molecule has 2 nitrogen and oxygen atoms in total. The largest absolute Gasteiger partial charge is 0.457 e. The van der Waals surface area contributed by atoms with Crippen LogP contribution in [-0.4, -0.2) is 6.04 Å². The van der Waals surface area contributed by atoms with Crippen LogP contribution in [0.15, 0.2) is 54.6 Å². The molecule has 0 amide bonds. The van der Waals surface area contributed by atoms with Gasteiger partial charge in [-0.3, -0.25) is 0 Å². The SMILES string of the molecule is NC1CC1c1ccccc1Oc1ccccc1. The molecule has 0 spiro atoms. The van der Waals surface area contributed by atoms with Crippen LogP contribution in [0, 0.1) is 0 Å². The molecule has 2 atom stereocenters. The molecule has 0 bridgehead atoms. The van der Waals surface area contributed by atoms with Gasteiger partial charge in [0.05, 0.1) is 0 Å². The highest BCUT2D eigenvalue weighted by Crippen LogP contribution is 2.44. The van der Waals surface area contributed by atoms with E-state index in [0.717, 1.165) is 17.9 Å². The molecule has 2 N–H and O–H groups in total. The Kier molecular flexibility index (Phi) is 2.57. The van der Waals surface area contributed by atoms with E-state index in [1.54, 1.807) is 0 Å². The van der Waals surface area contributed by atoms with Crippen LogP contribution in [0.3, 0.4) is 0 Å². The van der Waals surface area contributed by atoms with E-state index in [-0.39, 0.29) is 0 Å². The van der Waals surface area contributed by atoms with Crippen molar-refractivity contribution in [2.45, 2.75) is 18.4 Å². The van der Waals surface area contributed by atoms with Gasteiger partial charge < -0.3 is 10.5 Å². The highest BCUT2D eigenvalue weighted by Gasteiger charge is 2.36. The topological polar surface area (TPSA) is 35.2 Å². The van der Waals surface area contributed by atoms with E-state index in [9.17, 15) is 0 Å². The number of ether oxygens (including phenoxy) is 1. The monoisotopic (exact) mass is 225 g/mol. The molecule has 1 fully saturated rings. The van der Waals surface area contributed by atoms with E-state index in [0.29, 0.717) is 12.0 Å². The van der Waals surface area contributed by atoms with Gasteiger partial charge in [0.2, 0.25) is 0 Å². The first kappa shape index (κ1) is 10.4. The van der Waals surface area contributed by atoms with Gasteiger partial charge >= 0.3 is 0 Å². The van der Waals surface area contributed by atoms with Gasteiger partial charge in [-0.25, -0.2) is 0 Å². The van der Waals surface area contributed by atoms with Crippen LogP contribution in [0.1, 0.15) is 17.9 Å².